The Morgan fingerprint density at radius 2 is 2.05 bits per heavy atom. The van der Waals surface area contributed by atoms with E-state index < -0.39 is 0 Å². The fourth-order valence-corrected chi connectivity index (χ4v) is 3.15. The Morgan fingerprint density at radius 1 is 1.29 bits per heavy atom. The van der Waals surface area contributed by atoms with Gasteiger partial charge in [-0.05, 0) is 45.2 Å². The van der Waals surface area contributed by atoms with Crippen molar-refractivity contribution in [3.05, 3.63) is 0 Å². The quantitative estimate of drug-likeness (QED) is 0.399. The molecule has 0 aromatic rings. The van der Waals surface area contributed by atoms with E-state index in [0.29, 0.717) is 6.04 Å². The third-order valence-corrected chi connectivity index (χ3v) is 4.58. The first kappa shape index (κ1) is 19.0. The summed E-state index contributed by atoms with van der Waals surface area (Å²) in [4.78, 5) is 9.73. The van der Waals surface area contributed by atoms with Crippen molar-refractivity contribution in [2.75, 3.05) is 39.8 Å². The Bertz CT molecular complexity index is 317. The Balaban J connectivity index is 0.00000220. The summed E-state index contributed by atoms with van der Waals surface area (Å²) in [5.41, 5.74) is 0. The zero-order chi connectivity index (χ0) is 14.4. The lowest BCUT2D eigenvalue weighted by Gasteiger charge is -2.29. The van der Waals surface area contributed by atoms with Gasteiger partial charge in [0.2, 0.25) is 0 Å². The summed E-state index contributed by atoms with van der Waals surface area (Å²) in [6.45, 7) is 9.90. The summed E-state index contributed by atoms with van der Waals surface area (Å²) in [7, 11) is 2.19. The molecule has 0 bridgehead atoms. The van der Waals surface area contributed by atoms with E-state index in [1.807, 2.05) is 0 Å². The molecule has 21 heavy (non-hydrogen) atoms. The molecule has 5 heteroatoms. The summed E-state index contributed by atoms with van der Waals surface area (Å²) in [5, 5.41) is 3.44. The second-order valence-electron chi connectivity index (χ2n) is 6.27. The molecule has 124 valence electrons. The Hall–Kier alpha value is -0.0400. The highest BCUT2D eigenvalue weighted by atomic mass is 127. The van der Waals surface area contributed by atoms with E-state index in [0.717, 1.165) is 31.5 Å². The maximum absolute atomic E-state index is 4.80. The van der Waals surface area contributed by atoms with Crippen LogP contribution in [0.3, 0.4) is 0 Å². The first-order valence-electron chi connectivity index (χ1n) is 8.48. The molecule has 1 unspecified atom stereocenters. The van der Waals surface area contributed by atoms with Crippen LogP contribution < -0.4 is 5.32 Å². The zero-order valence-corrected chi connectivity index (χ0v) is 16.3. The SMILES string of the molecule is CCNC(=NCCC1CC1)N(C)CC1CCCN1CC.I. The molecule has 2 aliphatic rings. The molecule has 1 saturated heterocycles. The highest BCUT2D eigenvalue weighted by Crippen LogP contribution is 2.32. The van der Waals surface area contributed by atoms with Crippen LogP contribution in [0.2, 0.25) is 0 Å². The lowest BCUT2D eigenvalue weighted by atomic mass is 10.2. The van der Waals surface area contributed by atoms with Crippen molar-refractivity contribution in [2.24, 2.45) is 10.9 Å². The van der Waals surface area contributed by atoms with Crippen molar-refractivity contribution in [3.8, 4) is 0 Å². The van der Waals surface area contributed by atoms with Gasteiger partial charge in [-0.25, -0.2) is 0 Å². The summed E-state index contributed by atoms with van der Waals surface area (Å²) in [6, 6.07) is 0.706. The molecule has 1 N–H and O–H groups in total. The molecular formula is C16H33IN4. The predicted octanol–water partition coefficient (Wildman–Crippen LogP) is 2.79. The van der Waals surface area contributed by atoms with Gasteiger partial charge >= 0.3 is 0 Å². The minimum absolute atomic E-state index is 0. The highest BCUT2D eigenvalue weighted by molar-refractivity contribution is 14.0. The molecule has 1 saturated carbocycles. The third-order valence-electron chi connectivity index (χ3n) is 4.58. The molecule has 1 aliphatic heterocycles. The molecule has 2 rings (SSSR count). The van der Waals surface area contributed by atoms with E-state index in [-0.39, 0.29) is 24.0 Å². The average Bonchev–Trinajstić information content (AvgIpc) is 3.16. The number of likely N-dealkylation sites (N-methyl/N-ethyl adjacent to an activating group) is 2. The second kappa shape index (κ2) is 9.87. The minimum atomic E-state index is 0. The van der Waals surface area contributed by atoms with Gasteiger partial charge in [-0.3, -0.25) is 9.89 Å². The molecule has 0 aromatic heterocycles. The maximum atomic E-state index is 4.80. The van der Waals surface area contributed by atoms with Crippen LogP contribution in [-0.2, 0) is 0 Å². The second-order valence-corrected chi connectivity index (χ2v) is 6.27. The summed E-state index contributed by atoms with van der Waals surface area (Å²) < 4.78 is 0. The van der Waals surface area contributed by atoms with E-state index in [1.54, 1.807) is 0 Å². The molecule has 0 amide bonds. The number of guanidine groups is 1. The third kappa shape index (κ3) is 6.30. The van der Waals surface area contributed by atoms with Crippen molar-refractivity contribution in [1.82, 2.24) is 15.1 Å². The fourth-order valence-electron chi connectivity index (χ4n) is 3.15. The van der Waals surface area contributed by atoms with Gasteiger partial charge in [0.25, 0.3) is 0 Å². The van der Waals surface area contributed by atoms with Crippen LogP contribution in [-0.4, -0.2) is 61.6 Å². The maximum Gasteiger partial charge on any atom is 0.193 e. The molecule has 1 aliphatic carbocycles. The van der Waals surface area contributed by atoms with Crippen LogP contribution in [0.5, 0.6) is 0 Å². The molecule has 2 fully saturated rings. The van der Waals surface area contributed by atoms with Gasteiger partial charge in [-0.1, -0.05) is 19.8 Å². The molecule has 1 atom stereocenters. The van der Waals surface area contributed by atoms with Gasteiger partial charge < -0.3 is 10.2 Å². The Morgan fingerprint density at radius 3 is 2.67 bits per heavy atom. The van der Waals surface area contributed by atoms with Crippen LogP contribution in [0.25, 0.3) is 0 Å². The number of likely N-dealkylation sites (tertiary alicyclic amines) is 1. The number of nitrogens with one attached hydrogen (secondary N) is 1. The monoisotopic (exact) mass is 408 g/mol. The van der Waals surface area contributed by atoms with E-state index >= 15 is 0 Å². The number of nitrogens with zero attached hydrogens (tertiary/aromatic N) is 3. The van der Waals surface area contributed by atoms with E-state index in [1.165, 1.54) is 45.2 Å². The van der Waals surface area contributed by atoms with Crippen molar-refractivity contribution in [1.29, 1.82) is 0 Å². The summed E-state index contributed by atoms with van der Waals surface area (Å²) in [5.74, 6) is 2.06. The molecule has 0 radical (unpaired) electrons. The number of rotatable bonds is 7. The number of aliphatic imine (C=N–C) groups is 1. The predicted molar refractivity (Wildman–Crippen MR) is 102 cm³/mol. The van der Waals surface area contributed by atoms with Crippen LogP contribution in [0, 0.1) is 5.92 Å². The normalized spacial score (nSPS) is 23.0. The first-order valence-corrected chi connectivity index (χ1v) is 8.48. The Labute approximate surface area is 147 Å². The lowest BCUT2D eigenvalue weighted by Crippen LogP contribution is -2.46. The van der Waals surface area contributed by atoms with Gasteiger partial charge in [0.1, 0.15) is 0 Å². The van der Waals surface area contributed by atoms with Gasteiger partial charge in [-0.2, -0.15) is 0 Å². The van der Waals surface area contributed by atoms with Gasteiger partial charge in [-0.15, -0.1) is 24.0 Å². The zero-order valence-electron chi connectivity index (χ0n) is 14.0. The van der Waals surface area contributed by atoms with Crippen molar-refractivity contribution < 1.29 is 0 Å². The molecule has 4 nitrogen and oxygen atoms in total. The largest absolute Gasteiger partial charge is 0.357 e. The highest BCUT2D eigenvalue weighted by Gasteiger charge is 2.25. The summed E-state index contributed by atoms with van der Waals surface area (Å²) >= 11 is 0. The van der Waals surface area contributed by atoms with Crippen molar-refractivity contribution >= 4 is 29.9 Å². The van der Waals surface area contributed by atoms with Crippen LogP contribution in [0.1, 0.15) is 46.0 Å². The minimum Gasteiger partial charge on any atom is -0.357 e. The first-order chi connectivity index (χ1) is 9.74. The van der Waals surface area contributed by atoms with E-state index in [2.05, 4.69) is 36.0 Å². The van der Waals surface area contributed by atoms with Crippen molar-refractivity contribution in [3.63, 3.8) is 0 Å². The lowest BCUT2D eigenvalue weighted by molar-refractivity contribution is 0.232. The van der Waals surface area contributed by atoms with Gasteiger partial charge in [0.05, 0.1) is 0 Å². The number of hydrogen-bond acceptors (Lipinski definition) is 2. The smallest absolute Gasteiger partial charge is 0.193 e. The van der Waals surface area contributed by atoms with Gasteiger partial charge in [0, 0.05) is 32.7 Å². The number of halogens is 1. The summed E-state index contributed by atoms with van der Waals surface area (Å²) in [6.07, 6.45) is 6.81. The number of hydrogen-bond donors (Lipinski definition) is 1. The van der Waals surface area contributed by atoms with Crippen LogP contribution >= 0.6 is 24.0 Å². The van der Waals surface area contributed by atoms with Crippen molar-refractivity contribution in [2.45, 2.75) is 52.0 Å². The van der Waals surface area contributed by atoms with Crippen LogP contribution in [0.15, 0.2) is 4.99 Å². The fraction of sp³-hybridized carbons (Fsp3) is 0.938. The topological polar surface area (TPSA) is 30.9 Å². The average molecular weight is 408 g/mol. The molecular weight excluding hydrogens is 375 g/mol. The van der Waals surface area contributed by atoms with E-state index in [9.17, 15) is 0 Å². The Kier molecular flexibility index (Phi) is 8.94. The molecule has 1 heterocycles. The van der Waals surface area contributed by atoms with Gasteiger partial charge in [0.15, 0.2) is 5.96 Å². The molecule has 0 spiro atoms. The van der Waals surface area contributed by atoms with Crippen LogP contribution in [0.4, 0.5) is 0 Å². The van der Waals surface area contributed by atoms with E-state index in [4.69, 9.17) is 4.99 Å². The molecule has 0 aromatic carbocycles. The standard InChI is InChI=1S/C16H32N4.HI/c1-4-17-16(18-11-10-14-8-9-14)19(3)13-15-7-6-12-20(15)5-2;/h14-15H,4-13H2,1-3H3,(H,17,18);1H.